The average Bonchev–Trinajstić information content (AvgIpc) is 3.23. The van der Waals surface area contributed by atoms with Gasteiger partial charge in [0.05, 0.1) is 11.8 Å². The van der Waals surface area contributed by atoms with Gasteiger partial charge in [0.25, 0.3) is 0 Å². The zero-order valence-electron chi connectivity index (χ0n) is 15.0. The number of esters is 1. The minimum atomic E-state index is -1.14. The van der Waals surface area contributed by atoms with Crippen molar-refractivity contribution < 1.29 is 24.2 Å². The SMILES string of the molecule is CC1(C)C(C(=O)O)C1C(=O)O[C@H](C#N)c1cccc(Oc2ccccc2)c1. The van der Waals surface area contributed by atoms with Crippen LogP contribution in [-0.2, 0) is 14.3 Å². The summed E-state index contributed by atoms with van der Waals surface area (Å²) in [6.07, 6.45) is -1.14. The Morgan fingerprint density at radius 3 is 2.33 bits per heavy atom. The first-order chi connectivity index (χ1) is 12.8. The Bertz CT molecular complexity index is 900. The lowest BCUT2D eigenvalue weighted by Gasteiger charge is -2.13. The molecule has 0 amide bonds. The van der Waals surface area contributed by atoms with Crippen molar-refractivity contribution in [2.75, 3.05) is 0 Å². The second-order valence-electron chi connectivity index (χ2n) is 7.05. The molecular weight excluding hydrogens is 346 g/mol. The van der Waals surface area contributed by atoms with Gasteiger partial charge < -0.3 is 14.6 Å². The molecule has 0 aliphatic heterocycles. The minimum absolute atomic E-state index is 0.463. The van der Waals surface area contributed by atoms with Gasteiger partial charge >= 0.3 is 11.9 Å². The molecule has 2 aromatic carbocycles. The van der Waals surface area contributed by atoms with E-state index >= 15 is 0 Å². The maximum atomic E-state index is 12.4. The largest absolute Gasteiger partial charge is 0.481 e. The van der Waals surface area contributed by atoms with Gasteiger partial charge in [0.2, 0.25) is 6.10 Å². The highest BCUT2D eigenvalue weighted by atomic mass is 16.5. The molecule has 6 nitrogen and oxygen atoms in total. The highest BCUT2D eigenvalue weighted by Crippen LogP contribution is 2.59. The number of hydrogen-bond donors (Lipinski definition) is 1. The summed E-state index contributed by atoms with van der Waals surface area (Å²) in [5.41, 5.74) is -0.217. The first kappa shape index (κ1) is 18.5. The van der Waals surface area contributed by atoms with Crippen LogP contribution in [0, 0.1) is 28.6 Å². The quantitative estimate of drug-likeness (QED) is 0.779. The molecule has 6 heteroatoms. The Morgan fingerprint density at radius 1 is 1.07 bits per heavy atom. The zero-order chi connectivity index (χ0) is 19.6. The number of rotatable bonds is 6. The van der Waals surface area contributed by atoms with Gasteiger partial charge in [-0.1, -0.05) is 44.2 Å². The monoisotopic (exact) mass is 365 g/mol. The van der Waals surface area contributed by atoms with Gasteiger partial charge in [0.15, 0.2) is 0 Å². The van der Waals surface area contributed by atoms with Gasteiger partial charge in [-0.2, -0.15) is 5.26 Å². The van der Waals surface area contributed by atoms with Crippen LogP contribution < -0.4 is 4.74 Å². The summed E-state index contributed by atoms with van der Waals surface area (Å²) in [6, 6.07) is 17.8. The van der Waals surface area contributed by atoms with E-state index in [2.05, 4.69) is 0 Å². The Kier molecular flexibility index (Phi) is 4.87. The second kappa shape index (κ2) is 7.12. The van der Waals surface area contributed by atoms with Crippen LogP contribution in [0.15, 0.2) is 54.6 Å². The van der Waals surface area contributed by atoms with Crippen LogP contribution in [0.3, 0.4) is 0 Å². The fraction of sp³-hybridized carbons (Fsp3) is 0.286. The summed E-state index contributed by atoms with van der Waals surface area (Å²) in [7, 11) is 0. The molecule has 1 aliphatic carbocycles. The van der Waals surface area contributed by atoms with Crippen molar-refractivity contribution in [1.82, 2.24) is 0 Å². The van der Waals surface area contributed by atoms with Gasteiger partial charge in [-0.3, -0.25) is 9.59 Å². The Hall–Kier alpha value is -3.33. The molecule has 0 heterocycles. The van der Waals surface area contributed by atoms with Crippen molar-refractivity contribution in [3.8, 4) is 17.6 Å². The zero-order valence-corrected chi connectivity index (χ0v) is 15.0. The Morgan fingerprint density at radius 2 is 1.74 bits per heavy atom. The molecule has 0 bridgehead atoms. The minimum Gasteiger partial charge on any atom is -0.481 e. The maximum absolute atomic E-state index is 12.4. The molecule has 1 saturated carbocycles. The number of nitriles is 1. The van der Waals surface area contributed by atoms with Crippen molar-refractivity contribution in [2.45, 2.75) is 20.0 Å². The number of carbonyl (C=O) groups is 2. The van der Waals surface area contributed by atoms with Crippen LogP contribution in [0.5, 0.6) is 11.5 Å². The fourth-order valence-electron chi connectivity index (χ4n) is 3.26. The highest BCUT2D eigenvalue weighted by Gasteiger charge is 2.67. The van der Waals surface area contributed by atoms with Crippen molar-refractivity contribution in [3.63, 3.8) is 0 Å². The van der Waals surface area contributed by atoms with E-state index in [-0.39, 0.29) is 0 Å². The van der Waals surface area contributed by atoms with Crippen LogP contribution in [0.2, 0.25) is 0 Å². The van der Waals surface area contributed by atoms with E-state index in [1.54, 1.807) is 50.2 Å². The lowest BCUT2D eigenvalue weighted by molar-refractivity contribution is -0.151. The topological polar surface area (TPSA) is 96.6 Å². The van der Waals surface area contributed by atoms with Crippen LogP contribution in [0.1, 0.15) is 25.5 Å². The number of carboxylic acids is 1. The Labute approximate surface area is 157 Å². The second-order valence-corrected chi connectivity index (χ2v) is 7.05. The number of carbonyl (C=O) groups excluding carboxylic acids is 1. The van der Waals surface area contributed by atoms with Crippen molar-refractivity contribution >= 4 is 11.9 Å². The molecule has 0 saturated heterocycles. The van der Waals surface area contributed by atoms with Gasteiger partial charge in [0.1, 0.15) is 17.6 Å². The van der Waals surface area contributed by atoms with E-state index in [9.17, 15) is 20.0 Å². The van der Waals surface area contributed by atoms with E-state index in [0.717, 1.165) is 0 Å². The Balaban J connectivity index is 1.73. The van der Waals surface area contributed by atoms with E-state index < -0.39 is 35.3 Å². The van der Waals surface area contributed by atoms with Gasteiger partial charge in [-0.05, 0) is 29.7 Å². The molecule has 27 heavy (non-hydrogen) atoms. The molecule has 3 rings (SSSR count). The molecule has 1 N–H and O–H groups in total. The number of para-hydroxylation sites is 1. The first-order valence-corrected chi connectivity index (χ1v) is 8.50. The van der Waals surface area contributed by atoms with Crippen molar-refractivity contribution in [2.24, 2.45) is 17.3 Å². The molecule has 1 aliphatic rings. The lowest BCUT2D eigenvalue weighted by atomic mass is 10.1. The third-order valence-electron chi connectivity index (χ3n) is 4.84. The van der Waals surface area contributed by atoms with Crippen molar-refractivity contribution in [3.05, 3.63) is 60.2 Å². The maximum Gasteiger partial charge on any atom is 0.312 e. The van der Waals surface area contributed by atoms with E-state index in [0.29, 0.717) is 17.1 Å². The van der Waals surface area contributed by atoms with Gasteiger partial charge in [-0.15, -0.1) is 0 Å². The van der Waals surface area contributed by atoms with E-state index in [4.69, 9.17) is 9.47 Å². The van der Waals surface area contributed by atoms with E-state index in [1.165, 1.54) is 0 Å². The highest BCUT2D eigenvalue weighted by molar-refractivity contribution is 5.88. The molecule has 0 aromatic heterocycles. The number of carboxylic acid groups (broad SMARTS) is 1. The number of aliphatic carboxylic acids is 1. The number of hydrogen-bond acceptors (Lipinski definition) is 5. The normalized spacial score (nSPS) is 20.8. The van der Waals surface area contributed by atoms with E-state index in [1.807, 2.05) is 24.3 Å². The molecule has 2 aromatic rings. The third-order valence-corrected chi connectivity index (χ3v) is 4.84. The fourth-order valence-corrected chi connectivity index (χ4v) is 3.26. The molecule has 0 radical (unpaired) electrons. The summed E-state index contributed by atoms with van der Waals surface area (Å²) in [4.78, 5) is 23.6. The third kappa shape index (κ3) is 3.77. The first-order valence-electron chi connectivity index (χ1n) is 8.50. The van der Waals surface area contributed by atoms with Gasteiger partial charge in [0, 0.05) is 5.56 Å². The average molecular weight is 365 g/mol. The molecule has 3 atom stereocenters. The van der Waals surface area contributed by atoms with Crippen LogP contribution in [0.4, 0.5) is 0 Å². The number of nitrogens with zero attached hydrogens (tertiary/aromatic N) is 1. The predicted molar refractivity (Wildman–Crippen MR) is 95.8 cm³/mol. The van der Waals surface area contributed by atoms with Crippen LogP contribution in [0.25, 0.3) is 0 Å². The molecule has 1 fully saturated rings. The number of ether oxygens (including phenoxy) is 2. The summed E-state index contributed by atoms with van der Waals surface area (Å²) >= 11 is 0. The molecule has 138 valence electrons. The summed E-state index contributed by atoms with van der Waals surface area (Å²) in [5, 5.41) is 18.6. The summed E-state index contributed by atoms with van der Waals surface area (Å²) < 4.78 is 11.0. The van der Waals surface area contributed by atoms with Crippen LogP contribution in [-0.4, -0.2) is 17.0 Å². The summed E-state index contributed by atoms with van der Waals surface area (Å²) in [5.74, 6) is -2.11. The summed E-state index contributed by atoms with van der Waals surface area (Å²) in [6.45, 7) is 3.40. The standard InChI is InChI=1S/C21H19NO5/c1-21(2)17(19(23)24)18(21)20(25)27-16(12-22)13-7-6-10-15(11-13)26-14-8-4-3-5-9-14/h3-11,16-18H,1-2H3,(H,23,24)/t16-,17?,18?/m1/s1. The van der Waals surface area contributed by atoms with Crippen LogP contribution >= 0.6 is 0 Å². The number of benzene rings is 2. The van der Waals surface area contributed by atoms with Gasteiger partial charge in [-0.25, -0.2) is 0 Å². The predicted octanol–water partition coefficient (Wildman–Crippen LogP) is 3.94. The molecular formula is C21H19NO5. The van der Waals surface area contributed by atoms with Crippen molar-refractivity contribution in [1.29, 1.82) is 5.26 Å². The lowest BCUT2D eigenvalue weighted by Crippen LogP contribution is -2.15. The smallest absolute Gasteiger partial charge is 0.312 e. The molecule has 0 spiro atoms. The molecule has 2 unspecified atom stereocenters.